The van der Waals surface area contributed by atoms with E-state index in [2.05, 4.69) is 23.6 Å². The van der Waals surface area contributed by atoms with Gasteiger partial charge in [-0.1, -0.05) is 38.7 Å². The van der Waals surface area contributed by atoms with E-state index in [9.17, 15) is 30.0 Å². The minimum absolute atomic E-state index is 0.0796. The first-order valence-electron chi connectivity index (χ1n) is 20.8. The van der Waals surface area contributed by atoms with Gasteiger partial charge in [0.15, 0.2) is 5.60 Å². The van der Waals surface area contributed by atoms with Crippen LogP contribution in [0.25, 0.3) is 0 Å². The monoisotopic (exact) mass is 706 g/mol. The summed E-state index contributed by atoms with van der Waals surface area (Å²) in [4.78, 5) is 27.1. The standard InChI is InChI=1S/C42H62N2O7/c1-25(26-6-3-4-7-26)27-8-9-31-33(46)10-14-38(24-45)34-11-15-37-12-5-13-39-30(23-44-17-16-43-2)19-28(36(37)32(39)20-35(47)51-39)21-41(37,49)40(34,48)22-29(18-27)42(31,38)50/h19-20,24-29,31,33-34,36,43-44,46,48-50H,3-18,21-23H2,1-2H3/t25-,27+,28-,29+,31-,33-,34+,36+,37+,38-,39+,40-,41+,42-/m0/s1. The van der Waals surface area contributed by atoms with Crippen molar-refractivity contribution >= 4 is 12.3 Å². The van der Waals surface area contributed by atoms with Crippen LogP contribution in [0, 0.1) is 58.2 Å². The molecule has 9 aliphatic rings. The van der Waals surface area contributed by atoms with E-state index in [1.165, 1.54) is 25.7 Å². The van der Waals surface area contributed by atoms with Crippen LogP contribution < -0.4 is 10.6 Å². The molecule has 0 aromatic heterocycles. The number of carbonyl (C=O) groups excluding carboxylic acids is 2. The first-order chi connectivity index (χ1) is 24.4. The molecule has 0 radical (unpaired) electrons. The van der Waals surface area contributed by atoms with Crippen molar-refractivity contribution in [3.8, 4) is 0 Å². The number of rotatable bonds is 8. The molecule has 6 N–H and O–H groups in total. The molecular formula is C42H62N2O7. The smallest absolute Gasteiger partial charge is 0.332 e. The zero-order chi connectivity index (χ0) is 35.6. The lowest BCUT2D eigenvalue weighted by Gasteiger charge is -2.72. The van der Waals surface area contributed by atoms with E-state index in [-0.39, 0.29) is 24.2 Å². The topological polar surface area (TPSA) is 148 Å². The number of ether oxygens (including phenoxy) is 1. The maximum atomic E-state index is 13.9. The average Bonchev–Trinajstić information content (AvgIpc) is 3.78. The Hall–Kier alpha value is -1.62. The van der Waals surface area contributed by atoms with E-state index < -0.39 is 57.1 Å². The van der Waals surface area contributed by atoms with Gasteiger partial charge in [0, 0.05) is 43.0 Å². The normalized spacial score (nSPS) is 51.9. The maximum absolute atomic E-state index is 13.9. The minimum atomic E-state index is -1.60. The number of aliphatic hydroxyl groups excluding tert-OH is 1. The highest BCUT2D eigenvalue weighted by molar-refractivity contribution is 5.88. The lowest BCUT2D eigenvalue weighted by Crippen LogP contribution is -2.80. The molecule has 51 heavy (non-hydrogen) atoms. The molecule has 0 amide bonds. The minimum Gasteiger partial charge on any atom is -0.447 e. The van der Waals surface area contributed by atoms with Crippen molar-refractivity contribution in [3.63, 3.8) is 0 Å². The SMILES string of the molecule is CNCCNCC1=C[C@H]2C[C@@]3(O)[C@]4(CCC[C@@]15OC(=O)C=C5[C@@H]24)CC[C@H]1[C@@]3(O)C[C@H]2C[C@H]([C@@H](C)C3CCCC3)CC[C@H]3[C@@H](O)CC[C@@]1(C=O)[C@]23O. The van der Waals surface area contributed by atoms with E-state index in [0.717, 1.165) is 49.8 Å². The van der Waals surface area contributed by atoms with Gasteiger partial charge in [-0.05, 0) is 131 Å². The Labute approximate surface area is 303 Å². The largest absolute Gasteiger partial charge is 0.447 e. The van der Waals surface area contributed by atoms with Crippen LogP contribution in [0.15, 0.2) is 23.3 Å². The molecule has 1 heterocycles. The summed E-state index contributed by atoms with van der Waals surface area (Å²) in [5, 5.41) is 59.2. The number of carbonyl (C=O) groups is 2. The predicted molar refractivity (Wildman–Crippen MR) is 191 cm³/mol. The highest BCUT2D eigenvalue weighted by atomic mass is 16.6. The molecule has 7 fully saturated rings. The predicted octanol–water partition coefficient (Wildman–Crippen LogP) is 3.97. The summed E-state index contributed by atoms with van der Waals surface area (Å²) in [6.07, 6.45) is 16.2. The molecule has 0 unspecified atom stereocenters. The molecule has 9 rings (SSSR count). The number of hydrogen-bond acceptors (Lipinski definition) is 9. The maximum Gasteiger partial charge on any atom is 0.332 e. The number of nitrogens with one attached hydrogen (secondary N) is 2. The lowest BCUT2D eigenvalue weighted by molar-refractivity contribution is -0.343. The number of aliphatic hydroxyl groups is 4. The van der Waals surface area contributed by atoms with Crippen LogP contribution in [-0.4, -0.2) is 87.9 Å². The summed E-state index contributed by atoms with van der Waals surface area (Å²) in [5.41, 5.74) is -5.25. The van der Waals surface area contributed by atoms with Gasteiger partial charge < -0.3 is 40.6 Å². The van der Waals surface area contributed by atoms with Crippen molar-refractivity contribution in [2.45, 2.75) is 138 Å². The molecule has 9 heteroatoms. The number of allylic oxidation sites excluding steroid dienone is 1. The second kappa shape index (κ2) is 11.9. The van der Waals surface area contributed by atoms with E-state index in [4.69, 9.17) is 4.74 Å². The summed E-state index contributed by atoms with van der Waals surface area (Å²) < 4.78 is 6.31. The molecule has 0 aromatic rings. The second-order valence-electron chi connectivity index (χ2n) is 19.1. The first-order valence-corrected chi connectivity index (χ1v) is 20.8. The fourth-order valence-electron chi connectivity index (χ4n) is 15.8. The molecule has 1 spiro atoms. The van der Waals surface area contributed by atoms with Crippen molar-refractivity contribution in [2.24, 2.45) is 58.2 Å². The Bertz CT molecular complexity index is 1510. The number of fused-ring (bicyclic) bond motifs is 3. The van der Waals surface area contributed by atoms with Gasteiger partial charge in [0.25, 0.3) is 0 Å². The third-order valence-corrected chi connectivity index (χ3v) is 17.8. The molecule has 282 valence electrons. The fraction of sp³-hybridized carbons (Fsp3) is 0.857. The van der Waals surface area contributed by atoms with Crippen LogP contribution in [-0.2, 0) is 14.3 Å². The molecule has 8 aliphatic carbocycles. The first kappa shape index (κ1) is 35.1. The molecular weight excluding hydrogens is 644 g/mol. The van der Waals surface area contributed by atoms with Crippen molar-refractivity contribution in [1.82, 2.24) is 10.6 Å². The summed E-state index contributed by atoms with van der Waals surface area (Å²) in [6, 6.07) is 0. The molecule has 2 bridgehead atoms. The fourth-order valence-corrected chi connectivity index (χ4v) is 15.8. The molecule has 1 aliphatic heterocycles. The van der Waals surface area contributed by atoms with Crippen LogP contribution in [0.1, 0.15) is 110 Å². The molecule has 0 saturated heterocycles. The molecule has 14 atom stereocenters. The van der Waals surface area contributed by atoms with Gasteiger partial charge in [-0.25, -0.2) is 4.79 Å². The third kappa shape index (κ3) is 4.31. The van der Waals surface area contributed by atoms with Gasteiger partial charge >= 0.3 is 5.97 Å². The van der Waals surface area contributed by atoms with Crippen LogP contribution in [0.5, 0.6) is 0 Å². The van der Waals surface area contributed by atoms with Crippen molar-refractivity contribution in [3.05, 3.63) is 23.3 Å². The number of likely N-dealkylation sites (N-methyl/N-ethyl adjacent to an activating group) is 1. The van der Waals surface area contributed by atoms with Gasteiger partial charge in [0.05, 0.1) is 22.7 Å². The van der Waals surface area contributed by atoms with Crippen LogP contribution in [0.4, 0.5) is 0 Å². The second-order valence-corrected chi connectivity index (χ2v) is 19.1. The number of esters is 1. The van der Waals surface area contributed by atoms with E-state index >= 15 is 0 Å². The third-order valence-electron chi connectivity index (χ3n) is 17.8. The van der Waals surface area contributed by atoms with Gasteiger partial charge in [0.2, 0.25) is 0 Å². The van der Waals surface area contributed by atoms with E-state index in [1.54, 1.807) is 6.08 Å². The quantitative estimate of drug-likeness (QED) is 0.0955. The lowest BCUT2D eigenvalue weighted by atomic mass is 9.36. The van der Waals surface area contributed by atoms with E-state index in [1.807, 2.05) is 7.05 Å². The summed E-state index contributed by atoms with van der Waals surface area (Å²) in [7, 11) is 1.93. The summed E-state index contributed by atoms with van der Waals surface area (Å²) in [5.74, 6) is -0.544. The van der Waals surface area contributed by atoms with Crippen LogP contribution >= 0.6 is 0 Å². The van der Waals surface area contributed by atoms with Gasteiger partial charge in [-0.3, -0.25) is 0 Å². The van der Waals surface area contributed by atoms with Crippen LogP contribution in [0.2, 0.25) is 0 Å². The highest BCUT2D eigenvalue weighted by Gasteiger charge is 2.83. The number of hydrogen-bond donors (Lipinski definition) is 6. The van der Waals surface area contributed by atoms with E-state index in [0.29, 0.717) is 75.7 Å². The van der Waals surface area contributed by atoms with Crippen molar-refractivity contribution < 1.29 is 34.8 Å². The zero-order valence-corrected chi connectivity index (χ0v) is 30.9. The van der Waals surface area contributed by atoms with Crippen LogP contribution in [0.3, 0.4) is 0 Å². The Balaban J connectivity index is 1.16. The van der Waals surface area contributed by atoms with Crippen molar-refractivity contribution in [2.75, 3.05) is 26.7 Å². The number of aldehydes is 1. The molecule has 0 aromatic carbocycles. The van der Waals surface area contributed by atoms with Crippen molar-refractivity contribution in [1.29, 1.82) is 0 Å². The molecule has 9 nitrogen and oxygen atoms in total. The van der Waals surface area contributed by atoms with Gasteiger partial charge in [-0.15, -0.1) is 0 Å². The van der Waals surface area contributed by atoms with Gasteiger partial charge in [0.1, 0.15) is 11.9 Å². The Morgan fingerprint density at radius 1 is 0.961 bits per heavy atom. The summed E-state index contributed by atoms with van der Waals surface area (Å²) >= 11 is 0. The average molecular weight is 707 g/mol. The highest BCUT2D eigenvalue weighted by Crippen LogP contribution is 2.78. The Kier molecular flexibility index (Phi) is 8.22. The zero-order valence-electron chi connectivity index (χ0n) is 30.9. The Morgan fingerprint density at radius 3 is 2.53 bits per heavy atom. The van der Waals surface area contributed by atoms with Gasteiger partial charge in [-0.2, -0.15) is 0 Å². The summed E-state index contributed by atoms with van der Waals surface area (Å²) in [6.45, 7) is 4.55. The Morgan fingerprint density at radius 2 is 1.76 bits per heavy atom. The molecule has 7 saturated carbocycles.